The molecule has 0 unspecified atom stereocenters. The maximum atomic E-state index is 14.3. The minimum absolute atomic E-state index is 0.185. The van der Waals surface area contributed by atoms with E-state index in [0.717, 1.165) is 16.1 Å². The molecule has 1 atom stereocenters. The number of amides is 1. The molecule has 0 spiro atoms. The second kappa shape index (κ2) is 6.86. The largest absolute Gasteiger partial charge is 0.348 e. The van der Waals surface area contributed by atoms with E-state index >= 15 is 0 Å². The summed E-state index contributed by atoms with van der Waals surface area (Å²) in [4.78, 5) is 27.6. The van der Waals surface area contributed by atoms with E-state index < -0.39 is 6.04 Å². The Morgan fingerprint density at radius 1 is 1.29 bits per heavy atom. The van der Waals surface area contributed by atoms with Gasteiger partial charge in [0.1, 0.15) is 22.4 Å². The van der Waals surface area contributed by atoms with Crippen molar-refractivity contribution in [2.45, 2.75) is 12.5 Å². The average molecular weight is 453 g/mol. The van der Waals surface area contributed by atoms with Gasteiger partial charge in [-0.25, -0.2) is 18.9 Å². The third-order valence-corrected chi connectivity index (χ3v) is 6.81. The number of carbonyl (C=O) groups is 1. The minimum Gasteiger partial charge on any atom is -0.348 e. The zero-order valence-electron chi connectivity index (χ0n) is 15.9. The molecule has 0 bridgehead atoms. The van der Waals surface area contributed by atoms with E-state index in [0.29, 0.717) is 39.6 Å². The maximum absolute atomic E-state index is 14.3. The lowest BCUT2D eigenvalue weighted by atomic mass is 10.0. The van der Waals surface area contributed by atoms with Crippen LogP contribution in [0.5, 0.6) is 0 Å². The number of nitrogens with one attached hydrogen (secondary N) is 1. The number of pyridine rings is 1. The van der Waals surface area contributed by atoms with E-state index in [1.165, 1.54) is 17.4 Å². The van der Waals surface area contributed by atoms with Crippen molar-refractivity contribution in [3.8, 4) is 0 Å². The molecule has 4 aromatic heterocycles. The first-order valence-corrected chi connectivity index (χ1v) is 10.8. The normalized spacial score (nSPS) is 16.2. The van der Waals surface area contributed by atoms with Crippen LogP contribution in [0.2, 0.25) is 5.02 Å². The predicted octanol–water partition coefficient (Wildman–Crippen LogP) is 4.25. The Bertz CT molecular complexity index is 1470. The fourth-order valence-electron chi connectivity index (χ4n) is 4.07. The number of benzene rings is 1. The van der Waals surface area contributed by atoms with E-state index in [-0.39, 0.29) is 11.7 Å². The van der Waals surface area contributed by atoms with Crippen molar-refractivity contribution in [1.82, 2.24) is 29.5 Å². The molecule has 0 fully saturated rings. The van der Waals surface area contributed by atoms with Gasteiger partial charge in [0.05, 0.1) is 39.0 Å². The Morgan fingerprint density at radius 3 is 3.06 bits per heavy atom. The Morgan fingerprint density at radius 2 is 2.19 bits per heavy atom. The Balaban J connectivity index is 1.49. The lowest BCUT2D eigenvalue weighted by molar-refractivity contribution is 0.0692. The number of imidazole rings is 1. The summed E-state index contributed by atoms with van der Waals surface area (Å²) in [6, 6.07) is 7.86. The lowest BCUT2D eigenvalue weighted by Crippen LogP contribution is -2.40. The van der Waals surface area contributed by atoms with E-state index in [1.807, 2.05) is 6.07 Å². The number of hydrogen-bond acceptors (Lipinski definition) is 5. The number of thiazole rings is 1. The summed E-state index contributed by atoms with van der Waals surface area (Å²) in [6.07, 6.45) is 5.46. The first-order valence-electron chi connectivity index (χ1n) is 9.61. The number of halogens is 2. The average Bonchev–Trinajstić information content (AvgIpc) is 3.50. The van der Waals surface area contributed by atoms with E-state index in [9.17, 15) is 9.18 Å². The molecule has 0 saturated carbocycles. The minimum atomic E-state index is -0.512. The second-order valence-electron chi connectivity index (χ2n) is 7.29. The van der Waals surface area contributed by atoms with Crippen LogP contribution in [0, 0.1) is 5.82 Å². The molecule has 154 valence electrons. The topological polar surface area (TPSA) is 79.2 Å². The molecule has 0 saturated heterocycles. The molecule has 6 rings (SSSR count). The zero-order valence-corrected chi connectivity index (χ0v) is 17.5. The number of aromatic nitrogens is 5. The highest BCUT2D eigenvalue weighted by molar-refractivity contribution is 7.18. The molecular weight excluding hydrogens is 439 g/mol. The van der Waals surface area contributed by atoms with Gasteiger partial charge in [0.15, 0.2) is 0 Å². The van der Waals surface area contributed by atoms with Crippen molar-refractivity contribution in [2.75, 3.05) is 6.54 Å². The summed E-state index contributed by atoms with van der Waals surface area (Å²) in [5, 5.41) is 5.43. The fraction of sp³-hybridized carbons (Fsp3) is 0.143. The van der Waals surface area contributed by atoms with Crippen LogP contribution in [0.25, 0.3) is 15.7 Å². The highest BCUT2D eigenvalue weighted by Gasteiger charge is 2.37. The van der Waals surface area contributed by atoms with E-state index in [2.05, 4.69) is 20.1 Å². The van der Waals surface area contributed by atoms with Crippen LogP contribution in [0.4, 0.5) is 4.39 Å². The van der Waals surface area contributed by atoms with Gasteiger partial charge in [-0.3, -0.25) is 4.79 Å². The van der Waals surface area contributed by atoms with Gasteiger partial charge in [-0.2, -0.15) is 5.10 Å². The second-order valence-corrected chi connectivity index (χ2v) is 8.79. The van der Waals surface area contributed by atoms with Gasteiger partial charge < -0.3 is 9.88 Å². The van der Waals surface area contributed by atoms with Crippen LogP contribution in [0.15, 0.2) is 49.1 Å². The number of hydrogen-bond donors (Lipinski definition) is 1. The summed E-state index contributed by atoms with van der Waals surface area (Å²) >= 11 is 7.42. The number of carbonyl (C=O) groups excluding carboxylic acids is 1. The Hall–Kier alpha value is -3.30. The monoisotopic (exact) mass is 452 g/mol. The summed E-state index contributed by atoms with van der Waals surface area (Å²) in [7, 11) is 0. The van der Waals surface area contributed by atoms with Crippen molar-refractivity contribution >= 4 is 44.6 Å². The Kier molecular flexibility index (Phi) is 4.09. The van der Waals surface area contributed by atoms with Crippen LogP contribution in [0.1, 0.15) is 32.8 Å². The smallest absolute Gasteiger partial charge is 0.258 e. The quantitative estimate of drug-likeness (QED) is 0.434. The molecule has 5 aromatic rings. The van der Waals surface area contributed by atoms with Crippen LogP contribution in [0.3, 0.4) is 0 Å². The molecule has 1 amide bonds. The highest BCUT2D eigenvalue weighted by atomic mass is 35.5. The number of nitrogens with zero attached hydrogens (tertiary/aromatic N) is 5. The van der Waals surface area contributed by atoms with Gasteiger partial charge in [0, 0.05) is 24.9 Å². The van der Waals surface area contributed by atoms with Crippen molar-refractivity contribution in [3.63, 3.8) is 0 Å². The molecule has 1 N–H and O–H groups in total. The summed E-state index contributed by atoms with van der Waals surface area (Å²) in [6.45, 7) is 0.474. The summed E-state index contributed by atoms with van der Waals surface area (Å²) in [5.74, 6) is -0.564. The lowest BCUT2D eigenvalue weighted by Gasteiger charge is -2.33. The number of rotatable bonds is 2. The molecular formula is C21H14ClFN6OS. The van der Waals surface area contributed by atoms with Gasteiger partial charge >= 0.3 is 0 Å². The van der Waals surface area contributed by atoms with Crippen LogP contribution < -0.4 is 0 Å². The first kappa shape index (κ1) is 18.5. The van der Waals surface area contributed by atoms with Gasteiger partial charge in [-0.05, 0) is 24.3 Å². The van der Waals surface area contributed by atoms with E-state index in [1.54, 1.807) is 46.3 Å². The van der Waals surface area contributed by atoms with Crippen molar-refractivity contribution in [3.05, 3.63) is 81.9 Å². The van der Waals surface area contributed by atoms with Gasteiger partial charge in [0.2, 0.25) is 0 Å². The first-order chi connectivity index (χ1) is 15.1. The standard InChI is InChI=1S/C21H14ClFN6OS/c22-11-4-5-15-12(8-26-29(15)9-11)21(30)28-7-6-14-18(25-10-24-14)19(28)20-27-17-13(23)2-1-3-16(17)31-20/h1-5,8-10,19H,6-7H2,(H,24,25)/t19-/m0/s1. The molecule has 1 aliphatic rings. The third-order valence-electron chi connectivity index (χ3n) is 5.52. The third kappa shape index (κ3) is 2.84. The molecule has 31 heavy (non-hydrogen) atoms. The van der Waals surface area contributed by atoms with E-state index in [4.69, 9.17) is 11.6 Å². The maximum Gasteiger partial charge on any atom is 0.258 e. The number of para-hydroxylation sites is 1. The molecule has 10 heteroatoms. The molecule has 1 aliphatic heterocycles. The highest BCUT2D eigenvalue weighted by Crippen LogP contribution is 2.38. The van der Waals surface area contributed by atoms with Gasteiger partial charge in [-0.15, -0.1) is 11.3 Å². The number of H-pyrrole nitrogens is 1. The molecule has 7 nitrogen and oxygen atoms in total. The van der Waals surface area contributed by atoms with Crippen molar-refractivity contribution in [1.29, 1.82) is 0 Å². The SMILES string of the molecule is O=C(c1cnn2cc(Cl)ccc12)N1CCc2[nH]cnc2[C@H]1c1nc2c(F)cccc2s1. The molecule has 1 aromatic carbocycles. The van der Waals surface area contributed by atoms with Crippen LogP contribution >= 0.6 is 22.9 Å². The van der Waals surface area contributed by atoms with Crippen LogP contribution in [-0.4, -0.2) is 41.9 Å². The summed E-state index contributed by atoms with van der Waals surface area (Å²) < 4.78 is 16.6. The zero-order chi connectivity index (χ0) is 21.1. The molecule has 0 radical (unpaired) electrons. The molecule has 0 aliphatic carbocycles. The predicted molar refractivity (Wildman–Crippen MR) is 115 cm³/mol. The number of aromatic amines is 1. The van der Waals surface area contributed by atoms with Gasteiger partial charge in [-0.1, -0.05) is 17.7 Å². The van der Waals surface area contributed by atoms with Gasteiger partial charge in [0.25, 0.3) is 5.91 Å². The fourth-order valence-corrected chi connectivity index (χ4v) is 5.33. The van der Waals surface area contributed by atoms with Crippen molar-refractivity contribution < 1.29 is 9.18 Å². The van der Waals surface area contributed by atoms with Crippen molar-refractivity contribution in [2.24, 2.45) is 0 Å². The summed E-state index contributed by atoms with van der Waals surface area (Å²) in [5.41, 5.74) is 3.13. The number of fused-ring (bicyclic) bond motifs is 3. The Labute approximate surface area is 184 Å². The van der Waals surface area contributed by atoms with Crippen LogP contribution in [-0.2, 0) is 6.42 Å². The molecule has 5 heterocycles.